The summed E-state index contributed by atoms with van der Waals surface area (Å²) in [6, 6.07) is 6.37. The van der Waals surface area contributed by atoms with Crippen LogP contribution in [0.2, 0.25) is 5.02 Å². The number of nitrogens with one attached hydrogen (secondary N) is 1. The molecule has 1 fully saturated rings. The normalized spacial score (nSPS) is 23.1. The summed E-state index contributed by atoms with van der Waals surface area (Å²) in [5, 5.41) is 4.41. The molecule has 0 aromatic heterocycles. The van der Waals surface area contributed by atoms with Crippen molar-refractivity contribution in [1.82, 2.24) is 0 Å². The first-order valence-electron chi connectivity index (χ1n) is 7.91. The van der Waals surface area contributed by atoms with E-state index in [1.807, 2.05) is 25.1 Å². The first kappa shape index (κ1) is 15.5. The maximum atomic E-state index is 6.12. The molecule has 2 atom stereocenters. The predicted molar refractivity (Wildman–Crippen MR) is 86.9 cm³/mol. The highest BCUT2D eigenvalue weighted by Gasteiger charge is 2.18. The maximum absolute atomic E-state index is 6.12. The maximum Gasteiger partial charge on any atom is 0.142 e. The third-order valence-electron chi connectivity index (χ3n) is 4.27. The Labute approximate surface area is 127 Å². The molecule has 0 amide bonds. The van der Waals surface area contributed by atoms with Crippen molar-refractivity contribution >= 4 is 17.3 Å². The number of hydrogen-bond donors (Lipinski definition) is 1. The minimum absolute atomic E-state index is 0.546. The molecule has 1 aliphatic rings. The van der Waals surface area contributed by atoms with Gasteiger partial charge in [0.15, 0.2) is 0 Å². The van der Waals surface area contributed by atoms with E-state index in [4.69, 9.17) is 16.3 Å². The molecule has 0 radical (unpaired) electrons. The Bertz CT molecular complexity index is 421. The lowest BCUT2D eigenvalue weighted by atomic mass is 9.98. The van der Waals surface area contributed by atoms with Crippen LogP contribution in [0.4, 0.5) is 5.69 Å². The van der Waals surface area contributed by atoms with Crippen LogP contribution in [0.5, 0.6) is 5.75 Å². The minimum atomic E-state index is 0.546. The zero-order valence-corrected chi connectivity index (χ0v) is 13.4. The molecule has 1 saturated carbocycles. The van der Waals surface area contributed by atoms with Crippen LogP contribution in [0.15, 0.2) is 18.2 Å². The van der Waals surface area contributed by atoms with Gasteiger partial charge in [-0.1, -0.05) is 37.8 Å². The Kier molecular flexibility index (Phi) is 6.03. The topological polar surface area (TPSA) is 21.3 Å². The van der Waals surface area contributed by atoms with Gasteiger partial charge in [0.25, 0.3) is 0 Å². The van der Waals surface area contributed by atoms with E-state index in [9.17, 15) is 0 Å². The van der Waals surface area contributed by atoms with Crippen LogP contribution in [-0.4, -0.2) is 12.6 Å². The lowest BCUT2D eigenvalue weighted by Crippen LogP contribution is -2.19. The molecule has 2 nitrogen and oxygen atoms in total. The van der Waals surface area contributed by atoms with Crippen LogP contribution in [0.25, 0.3) is 0 Å². The molecule has 112 valence electrons. The van der Waals surface area contributed by atoms with Crippen molar-refractivity contribution in [2.24, 2.45) is 5.92 Å². The average Bonchev–Trinajstić information content (AvgIpc) is 2.67. The van der Waals surface area contributed by atoms with Gasteiger partial charge in [-0.15, -0.1) is 0 Å². The van der Waals surface area contributed by atoms with E-state index in [1.165, 1.54) is 38.5 Å². The van der Waals surface area contributed by atoms with Gasteiger partial charge in [0.05, 0.1) is 12.3 Å². The number of halogens is 1. The highest BCUT2D eigenvalue weighted by Crippen LogP contribution is 2.32. The first-order valence-corrected chi connectivity index (χ1v) is 8.29. The van der Waals surface area contributed by atoms with Crippen LogP contribution in [0, 0.1) is 5.92 Å². The molecule has 0 bridgehead atoms. The summed E-state index contributed by atoms with van der Waals surface area (Å²) in [5.41, 5.74) is 1.04. The Morgan fingerprint density at radius 1 is 1.20 bits per heavy atom. The third kappa shape index (κ3) is 4.31. The molecule has 1 aromatic carbocycles. The van der Waals surface area contributed by atoms with Crippen molar-refractivity contribution in [1.29, 1.82) is 0 Å². The van der Waals surface area contributed by atoms with Crippen molar-refractivity contribution in [3.63, 3.8) is 0 Å². The second-order valence-electron chi connectivity index (χ2n) is 5.70. The highest BCUT2D eigenvalue weighted by atomic mass is 35.5. The Hall–Kier alpha value is -0.890. The second kappa shape index (κ2) is 7.78. The smallest absolute Gasteiger partial charge is 0.142 e. The third-order valence-corrected chi connectivity index (χ3v) is 4.50. The number of benzene rings is 1. The molecular formula is C17H26ClNO. The molecule has 2 unspecified atom stereocenters. The van der Waals surface area contributed by atoms with Gasteiger partial charge in [0.1, 0.15) is 5.75 Å². The van der Waals surface area contributed by atoms with Crippen molar-refractivity contribution in [2.45, 2.75) is 58.4 Å². The van der Waals surface area contributed by atoms with E-state index >= 15 is 0 Å². The lowest BCUT2D eigenvalue weighted by molar-refractivity contribution is 0.341. The zero-order chi connectivity index (χ0) is 14.4. The number of anilines is 1. The van der Waals surface area contributed by atoms with E-state index in [0.717, 1.165) is 22.4 Å². The van der Waals surface area contributed by atoms with Gasteiger partial charge in [0, 0.05) is 11.1 Å². The molecular weight excluding hydrogens is 270 g/mol. The Balaban J connectivity index is 2.03. The number of hydrogen-bond acceptors (Lipinski definition) is 2. The van der Waals surface area contributed by atoms with Gasteiger partial charge < -0.3 is 10.1 Å². The molecule has 2 rings (SSSR count). The summed E-state index contributed by atoms with van der Waals surface area (Å²) in [6.07, 6.45) is 7.83. The van der Waals surface area contributed by atoms with Gasteiger partial charge in [-0.3, -0.25) is 0 Å². The highest BCUT2D eigenvalue weighted by molar-refractivity contribution is 6.30. The van der Waals surface area contributed by atoms with E-state index < -0.39 is 0 Å². The summed E-state index contributed by atoms with van der Waals surface area (Å²) >= 11 is 6.12. The summed E-state index contributed by atoms with van der Waals surface area (Å²) in [5.74, 6) is 1.82. The summed E-state index contributed by atoms with van der Waals surface area (Å²) < 4.78 is 5.69. The lowest BCUT2D eigenvalue weighted by Gasteiger charge is -2.20. The summed E-state index contributed by atoms with van der Waals surface area (Å²) in [4.78, 5) is 0. The summed E-state index contributed by atoms with van der Waals surface area (Å²) in [6.45, 7) is 5.00. The number of ether oxygens (including phenoxy) is 1. The molecule has 1 aromatic rings. The molecule has 0 spiro atoms. The fourth-order valence-corrected chi connectivity index (χ4v) is 3.22. The van der Waals surface area contributed by atoms with E-state index in [1.54, 1.807) is 0 Å². The standard InChI is InChI=1S/C17H26ClNO/c1-3-13-6-5-7-15(10-8-13)19-16-12-14(18)9-11-17(16)20-4-2/h9,11-13,15,19H,3-8,10H2,1-2H3. The Morgan fingerprint density at radius 3 is 2.80 bits per heavy atom. The van der Waals surface area contributed by atoms with E-state index in [0.29, 0.717) is 12.6 Å². The van der Waals surface area contributed by atoms with Gasteiger partial charge in [-0.2, -0.15) is 0 Å². The fraction of sp³-hybridized carbons (Fsp3) is 0.647. The monoisotopic (exact) mass is 295 g/mol. The van der Waals surface area contributed by atoms with Crippen LogP contribution in [-0.2, 0) is 0 Å². The largest absolute Gasteiger partial charge is 0.492 e. The minimum Gasteiger partial charge on any atom is -0.492 e. The van der Waals surface area contributed by atoms with Gasteiger partial charge >= 0.3 is 0 Å². The SMILES string of the molecule is CCOc1ccc(Cl)cc1NC1CCCC(CC)CC1. The van der Waals surface area contributed by atoms with Crippen molar-refractivity contribution in [3.05, 3.63) is 23.2 Å². The van der Waals surface area contributed by atoms with Gasteiger partial charge in [-0.05, 0) is 50.3 Å². The summed E-state index contributed by atoms with van der Waals surface area (Å²) in [7, 11) is 0. The van der Waals surface area contributed by atoms with Crippen LogP contribution < -0.4 is 10.1 Å². The quantitative estimate of drug-likeness (QED) is 0.723. The number of rotatable bonds is 5. The molecule has 1 N–H and O–H groups in total. The predicted octanol–water partition coefficient (Wildman–Crippen LogP) is 5.51. The molecule has 1 aliphatic carbocycles. The van der Waals surface area contributed by atoms with Gasteiger partial charge in [-0.25, -0.2) is 0 Å². The van der Waals surface area contributed by atoms with Crippen molar-refractivity contribution in [2.75, 3.05) is 11.9 Å². The van der Waals surface area contributed by atoms with Gasteiger partial charge in [0.2, 0.25) is 0 Å². The molecule has 20 heavy (non-hydrogen) atoms. The average molecular weight is 296 g/mol. The van der Waals surface area contributed by atoms with E-state index in [-0.39, 0.29) is 0 Å². The molecule has 0 aliphatic heterocycles. The van der Waals surface area contributed by atoms with Crippen LogP contribution in [0.1, 0.15) is 52.4 Å². The fourth-order valence-electron chi connectivity index (χ4n) is 3.05. The van der Waals surface area contributed by atoms with Crippen LogP contribution >= 0.6 is 11.6 Å². The molecule has 0 heterocycles. The van der Waals surface area contributed by atoms with Crippen molar-refractivity contribution in [3.8, 4) is 5.75 Å². The van der Waals surface area contributed by atoms with Crippen molar-refractivity contribution < 1.29 is 4.74 Å². The first-order chi connectivity index (χ1) is 9.72. The van der Waals surface area contributed by atoms with Crippen LogP contribution in [0.3, 0.4) is 0 Å². The second-order valence-corrected chi connectivity index (χ2v) is 6.13. The Morgan fingerprint density at radius 2 is 2.05 bits per heavy atom. The van der Waals surface area contributed by atoms with E-state index in [2.05, 4.69) is 12.2 Å². The molecule has 3 heteroatoms. The molecule has 0 saturated heterocycles. The zero-order valence-electron chi connectivity index (χ0n) is 12.6.